The molecule has 2 amide bonds. The standard InChI is InChI=1S/C18H17N3O2S2/c1-11(24-18-21-15-5-3-4-6-16(15)25-18)17(23)20-14-9-7-13(8-10-14)19-12(2)22/h3-11H,1-2H3,(H,19,22)(H,20,23)/t11-/m1/s1. The number of carbonyl (C=O) groups excluding carboxylic acids is 2. The Bertz CT molecular complexity index is 873. The molecule has 25 heavy (non-hydrogen) atoms. The number of fused-ring (bicyclic) bond motifs is 1. The van der Waals surface area contributed by atoms with E-state index in [2.05, 4.69) is 15.6 Å². The molecule has 3 aromatic rings. The predicted octanol–water partition coefficient (Wildman–Crippen LogP) is 4.37. The Morgan fingerprint density at radius 3 is 2.32 bits per heavy atom. The van der Waals surface area contributed by atoms with Crippen LogP contribution in [0.2, 0.25) is 0 Å². The van der Waals surface area contributed by atoms with E-state index in [1.165, 1.54) is 18.7 Å². The van der Waals surface area contributed by atoms with Gasteiger partial charge >= 0.3 is 0 Å². The average molecular weight is 371 g/mol. The number of para-hydroxylation sites is 1. The van der Waals surface area contributed by atoms with Crippen LogP contribution in [-0.2, 0) is 9.59 Å². The monoisotopic (exact) mass is 371 g/mol. The van der Waals surface area contributed by atoms with Crippen molar-refractivity contribution in [2.75, 3.05) is 10.6 Å². The van der Waals surface area contributed by atoms with E-state index in [0.717, 1.165) is 14.6 Å². The molecule has 0 fully saturated rings. The molecule has 0 saturated heterocycles. The molecule has 128 valence electrons. The van der Waals surface area contributed by atoms with E-state index in [1.54, 1.807) is 35.6 Å². The molecule has 1 atom stereocenters. The number of benzene rings is 2. The van der Waals surface area contributed by atoms with Gasteiger partial charge in [-0.1, -0.05) is 23.9 Å². The molecule has 0 aliphatic heterocycles. The third-order valence-electron chi connectivity index (χ3n) is 3.39. The third-order valence-corrected chi connectivity index (χ3v) is 5.62. The molecule has 5 nitrogen and oxygen atoms in total. The van der Waals surface area contributed by atoms with Crippen LogP contribution < -0.4 is 10.6 Å². The first kappa shape index (κ1) is 17.4. The lowest BCUT2D eigenvalue weighted by Gasteiger charge is -2.11. The van der Waals surface area contributed by atoms with Crippen LogP contribution in [0.25, 0.3) is 10.2 Å². The van der Waals surface area contributed by atoms with Crippen LogP contribution in [0.5, 0.6) is 0 Å². The van der Waals surface area contributed by atoms with Crippen molar-refractivity contribution in [3.8, 4) is 0 Å². The van der Waals surface area contributed by atoms with E-state index in [1.807, 2.05) is 31.2 Å². The highest BCUT2D eigenvalue weighted by Gasteiger charge is 2.17. The molecule has 0 spiro atoms. The number of carbonyl (C=O) groups is 2. The molecular formula is C18H17N3O2S2. The van der Waals surface area contributed by atoms with Gasteiger partial charge < -0.3 is 10.6 Å². The zero-order chi connectivity index (χ0) is 17.8. The van der Waals surface area contributed by atoms with Crippen LogP contribution >= 0.6 is 23.1 Å². The predicted molar refractivity (Wildman–Crippen MR) is 104 cm³/mol. The summed E-state index contributed by atoms with van der Waals surface area (Å²) in [7, 11) is 0. The Morgan fingerprint density at radius 2 is 1.68 bits per heavy atom. The van der Waals surface area contributed by atoms with Gasteiger partial charge in [-0.2, -0.15) is 0 Å². The zero-order valence-electron chi connectivity index (χ0n) is 13.8. The van der Waals surface area contributed by atoms with Gasteiger partial charge in [-0.05, 0) is 43.3 Å². The summed E-state index contributed by atoms with van der Waals surface area (Å²) in [5, 5.41) is 5.30. The molecule has 2 N–H and O–H groups in total. The summed E-state index contributed by atoms with van der Waals surface area (Å²) in [6.45, 7) is 3.31. The molecule has 1 aromatic heterocycles. The molecule has 0 radical (unpaired) electrons. The third kappa shape index (κ3) is 4.58. The molecule has 0 saturated carbocycles. The van der Waals surface area contributed by atoms with Gasteiger partial charge in [0.15, 0.2) is 4.34 Å². The van der Waals surface area contributed by atoms with Gasteiger partial charge in [0.05, 0.1) is 15.5 Å². The van der Waals surface area contributed by atoms with Crippen LogP contribution in [0, 0.1) is 0 Å². The van der Waals surface area contributed by atoms with Gasteiger partial charge in [-0.3, -0.25) is 9.59 Å². The van der Waals surface area contributed by atoms with Crippen LogP contribution in [0.15, 0.2) is 52.9 Å². The summed E-state index contributed by atoms with van der Waals surface area (Å²) in [6, 6.07) is 15.0. The second-order valence-electron chi connectivity index (χ2n) is 5.46. The SMILES string of the molecule is CC(=O)Nc1ccc(NC(=O)[C@@H](C)Sc2nc3ccccc3s2)cc1. The molecular weight excluding hydrogens is 354 g/mol. The molecule has 7 heteroatoms. The summed E-state index contributed by atoms with van der Waals surface area (Å²) in [6.07, 6.45) is 0. The summed E-state index contributed by atoms with van der Waals surface area (Å²) in [5.74, 6) is -0.214. The fraction of sp³-hybridized carbons (Fsp3) is 0.167. The number of thiazole rings is 1. The maximum atomic E-state index is 12.4. The molecule has 0 aliphatic carbocycles. The summed E-state index contributed by atoms with van der Waals surface area (Å²) in [4.78, 5) is 27.9. The quantitative estimate of drug-likeness (QED) is 0.653. The van der Waals surface area contributed by atoms with E-state index in [-0.39, 0.29) is 17.1 Å². The van der Waals surface area contributed by atoms with Crippen LogP contribution in [0.4, 0.5) is 11.4 Å². The molecule has 0 aliphatic rings. The fourth-order valence-corrected chi connectivity index (χ4v) is 4.40. The van der Waals surface area contributed by atoms with E-state index in [0.29, 0.717) is 11.4 Å². The Kier molecular flexibility index (Phi) is 5.35. The Hall–Kier alpha value is -2.38. The minimum absolute atomic E-state index is 0.0865. The van der Waals surface area contributed by atoms with Crippen molar-refractivity contribution in [3.63, 3.8) is 0 Å². The van der Waals surface area contributed by atoms with Gasteiger partial charge in [0.1, 0.15) is 0 Å². The lowest BCUT2D eigenvalue weighted by atomic mass is 10.2. The van der Waals surface area contributed by atoms with Crippen molar-refractivity contribution >= 4 is 56.5 Å². The van der Waals surface area contributed by atoms with Crippen molar-refractivity contribution in [3.05, 3.63) is 48.5 Å². The Morgan fingerprint density at radius 1 is 1.04 bits per heavy atom. The molecule has 0 unspecified atom stereocenters. The van der Waals surface area contributed by atoms with Gasteiger partial charge in [0.25, 0.3) is 0 Å². The van der Waals surface area contributed by atoms with Crippen molar-refractivity contribution < 1.29 is 9.59 Å². The summed E-state index contributed by atoms with van der Waals surface area (Å²) in [5.41, 5.74) is 2.34. The number of hydrogen-bond donors (Lipinski definition) is 2. The second-order valence-corrected chi connectivity index (χ2v) is 8.07. The van der Waals surface area contributed by atoms with Crippen LogP contribution in [0.3, 0.4) is 0 Å². The fourth-order valence-electron chi connectivity index (χ4n) is 2.19. The number of thioether (sulfide) groups is 1. The summed E-state index contributed by atoms with van der Waals surface area (Å²) < 4.78 is 2.00. The maximum absolute atomic E-state index is 12.4. The van der Waals surface area contributed by atoms with Crippen molar-refractivity contribution in [1.29, 1.82) is 0 Å². The Balaban J connectivity index is 1.61. The number of anilines is 2. The molecule has 3 rings (SSSR count). The smallest absolute Gasteiger partial charge is 0.237 e. The van der Waals surface area contributed by atoms with E-state index in [4.69, 9.17) is 0 Å². The number of aromatic nitrogens is 1. The topological polar surface area (TPSA) is 71.1 Å². The van der Waals surface area contributed by atoms with Gasteiger partial charge in [-0.25, -0.2) is 4.98 Å². The normalized spacial score (nSPS) is 11.9. The lowest BCUT2D eigenvalue weighted by Crippen LogP contribution is -2.22. The van der Waals surface area contributed by atoms with Crippen molar-refractivity contribution in [2.24, 2.45) is 0 Å². The van der Waals surface area contributed by atoms with Gasteiger partial charge in [-0.15, -0.1) is 11.3 Å². The first-order valence-corrected chi connectivity index (χ1v) is 9.41. The van der Waals surface area contributed by atoms with E-state index >= 15 is 0 Å². The highest BCUT2D eigenvalue weighted by molar-refractivity contribution is 8.02. The van der Waals surface area contributed by atoms with E-state index < -0.39 is 0 Å². The largest absolute Gasteiger partial charge is 0.326 e. The minimum Gasteiger partial charge on any atom is -0.326 e. The molecule has 0 bridgehead atoms. The number of hydrogen-bond acceptors (Lipinski definition) is 5. The first-order chi connectivity index (χ1) is 12.0. The van der Waals surface area contributed by atoms with Crippen molar-refractivity contribution in [1.82, 2.24) is 4.98 Å². The first-order valence-electron chi connectivity index (χ1n) is 7.72. The number of nitrogens with one attached hydrogen (secondary N) is 2. The van der Waals surface area contributed by atoms with Crippen molar-refractivity contribution in [2.45, 2.75) is 23.4 Å². The van der Waals surface area contributed by atoms with E-state index in [9.17, 15) is 9.59 Å². The zero-order valence-corrected chi connectivity index (χ0v) is 15.4. The second kappa shape index (κ2) is 7.67. The maximum Gasteiger partial charge on any atom is 0.237 e. The van der Waals surface area contributed by atoms with Crippen LogP contribution in [-0.4, -0.2) is 22.0 Å². The summed E-state index contributed by atoms with van der Waals surface area (Å²) >= 11 is 3.04. The highest BCUT2D eigenvalue weighted by Crippen LogP contribution is 2.32. The molecule has 1 heterocycles. The van der Waals surface area contributed by atoms with Gasteiger partial charge in [0, 0.05) is 18.3 Å². The average Bonchev–Trinajstić information content (AvgIpc) is 2.98. The highest BCUT2D eigenvalue weighted by atomic mass is 32.2. The number of amides is 2. The minimum atomic E-state index is -0.268. The van der Waals surface area contributed by atoms with Crippen LogP contribution in [0.1, 0.15) is 13.8 Å². The lowest BCUT2D eigenvalue weighted by molar-refractivity contribution is -0.115. The van der Waals surface area contributed by atoms with Gasteiger partial charge in [0.2, 0.25) is 11.8 Å². The number of rotatable bonds is 5. The Labute approximate surface area is 153 Å². The number of nitrogens with zero attached hydrogens (tertiary/aromatic N) is 1. The molecule has 2 aromatic carbocycles.